The third-order valence-electron chi connectivity index (χ3n) is 2.75. The van der Waals surface area contributed by atoms with Crippen LogP contribution in [0, 0.1) is 0 Å². The van der Waals surface area contributed by atoms with E-state index in [0.29, 0.717) is 19.0 Å². The molecule has 1 atom stereocenters. The van der Waals surface area contributed by atoms with Crippen molar-refractivity contribution >= 4 is 5.57 Å². The van der Waals surface area contributed by atoms with Crippen molar-refractivity contribution < 1.29 is 22.8 Å². The number of aliphatic hydroxyl groups is 1. The largest absolute Gasteiger partial charge is 0.422 e. The van der Waals surface area contributed by atoms with Gasteiger partial charge in [0.2, 0.25) is 5.60 Å². The zero-order valence-corrected chi connectivity index (χ0v) is 9.06. The van der Waals surface area contributed by atoms with Crippen LogP contribution in [0.15, 0.2) is 11.1 Å². The molecular weight excluding hydrogens is 237 g/mol. The number of hydrogen-bond acceptors (Lipinski definition) is 4. The smallest absolute Gasteiger partial charge is 0.375 e. The van der Waals surface area contributed by atoms with Crippen LogP contribution in [-0.2, 0) is 12.1 Å². The molecule has 1 unspecified atom stereocenters. The number of aromatic nitrogens is 1. The van der Waals surface area contributed by atoms with Crippen molar-refractivity contribution in [3.05, 3.63) is 23.6 Å². The number of alkyl halides is 3. The van der Waals surface area contributed by atoms with E-state index < -0.39 is 17.5 Å². The van der Waals surface area contributed by atoms with Crippen molar-refractivity contribution in [3.63, 3.8) is 0 Å². The van der Waals surface area contributed by atoms with Gasteiger partial charge in [0, 0.05) is 12.1 Å². The molecule has 0 bridgehead atoms. The van der Waals surface area contributed by atoms with Gasteiger partial charge in [-0.3, -0.25) is 0 Å². The predicted octanol–water partition coefficient (Wildman–Crippen LogP) is 1.56. The molecular formula is C10H11F3N2O2. The number of nitrogens with zero attached hydrogens (tertiary/aromatic N) is 1. The number of rotatable bonds is 1. The van der Waals surface area contributed by atoms with E-state index in [0.717, 1.165) is 0 Å². The van der Waals surface area contributed by atoms with Gasteiger partial charge in [-0.2, -0.15) is 13.2 Å². The van der Waals surface area contributed by atoms with Crippen LogP contribution in [0.2, 0.25) is 0 Å². The molecule has 1 aromatic heterocycles. The second-order valence-corrected chi connectivity index (χ2v) is 4.11. The van der Waals surface area contributed by atoms with Gasteiger partial charge in [-0.15, -0.1) is 0 Å². The maximum atomic E-state index is 12.7. The molecule has 0 saturated carbocycles. The maximum Gasteiger partial charge on any atom is 0.422 e. The van der Waals surface area contributed by atoms with Crippen LogP contribution >= 0.6 is 0 Å². The first-order chi connectivity index (χ1) is 7.75. The molecule has 0 aromatic carbocycles. The van der Waals surface area contributed by atoms with E-state index in [1.54, 1.807) is 0 Å². The second-order valence-electron chi connectivity index (χ2n) is 4.11. The Balaban J connectivity index is 2.55. The Kier molecular flexibility index (Phi) is 2.55. The molecule has 7 heteroatoms. The normalized spacial score (nSPS) is 19.9. The SMILES string of the molecule is C=C1CNCc2onc(C(C)(O)C(F)(F)F)c21. The second kappa shape index (κ2) is 3.58. The Hall–Kier alpha value is -1.34. The molecule has 0 saturated heterocycles. The summed E-state index contributed by atoms with van der Waals surface area (Å²) in [6, 6.07) is 0. The molecule has 4 nitrogen and oxygen atoms in total. The lowest BCUT2D eigenvalue weighted by Crippen LogP contribution is -2.40. The summed E-state index contributed by atoms with van der Waals surface area (Å²) in [6.07, 6.45) is -4.82. The van der Waals surface area contributed by atoms with Crippen LogP contribution in [0.25, 0.3) is 5.57 Å². The Morgan fingerprint density at radius 3 is 2.65 bits per heavy atom. The van der Waals surface area contributed by atoms with Crippen molar-refractivity contribution in [2.24, 2.45) is 0 Å². The summed E-state index contributed by atoms with van der Waals surface area (Å²) in [5, 5.41) is 15.8. The highest BCUT2D eigenvalue weighted by molar-refractivity contribution is 5.70. The quantitative estimate of drug-likeness (QED) is 0.791. The van der Waals surface area contributed by atoms with E-state index in [-0.39, 0.29) is 17.9 Å². The molecule has 1 aromatic rings. The molecule has 0 amide bonds. The van der Waals surface area contributed by atoms with Gasteiger partial charge >= 0.3 is 6.18 Å². The lowest BCUT2D eigenvalue weighted by atomic mass is 9.92. The fraction of sp³-hybridized carbons (Fsp3) is 0.500. The summed E-state index contributed by atoms with van der Waals surface area (Å²) < 4.78 is 43.0. The van der Waals surface area contributed by atoms with Crippen molar-refractivity contribution in [1.82, 2.24) is 10.5 Å². The average molecular weight is 248 g/mol. The van der Waals surface area contributed by atoms with Gasteiger partial charge in [-0.05, 0) is 12.5 Å². The minimum absolute atomic E-state index is 0.172. The third-order valence-corrected chi connectivity index (χ3v) is 2.75. The summed E-state index contributed by atoms with van der Waals surface area (Å²) in [6.45, 7) is 4.91. The van der Waals surface area contributed by atoms with Gasteiger partial charge in [0.1, 0.15) is 5.69 Å². The molecule has 17 heavy (non-hydrogen) atoms. The van der Waals surface area contributed by atoms with E-state index in [9.17, 15) is 18.3 Å². The molecule has 1 aliphatic heterocycles. The van der Waals surface area contributed by atoms with E-state index in [4.69, 9.17) is 4.52 Å². The van der Waals surface area contributed by atoms with Gasteiger partial charge in [-0.25, -0.2) is 0 Å². The third kappa shape index (κ3) is 1.75. The van der Waals surface area contributed by atoms with Gasteiger partial charge < -0.3 is 14.9 Å². The van der Waals surface area contributed by atoms with E-state index in [1.807, 2.05) is 0 Å². The maximum absolute atomic E-state index is 12.7. The van der Waals surface area contributed by atoms with Crippen LogP contribution in [0.3, 0.4) is 0 Å². The molecule has 2 rings (SSSR count). The first-order valence-electron chi connectivity index (χ1n) is 4.92. The zero-order valence-electron chi connectivity index (χ0n) is 9.06. The molecule has 94 valence electrons. The minimum atomic E-state index is -4.82. The van der Waals surface area contributed by atoms with E-state index >= 15 is 0 Å². The fourth-order valence-electron chi connectivity index (χ4n) is 1.69. The zero-order chi connectivity index (χ0) is 12.8. The molecule has 2 N–H and O–H groups in total. The van der Waals surface area contributed by atoms with Crippen LogP contribution in [0.4, 0.5) is 13.2 Å². The fourth-order valence-corrected chi connectivity index (χ4v) is 1.69. The van der Waals surface area contributed by atoms with E-state index in [1.165, 1.54) is 0 Å². The van der Waals surface area contributed by atoms with Crippen molar-refractivity contribution in [2.45, 2.75) is 25.2 Å². The summed E-state index contributed by atoms with van der Waals surface area (Å²) >= 11 is 0. The van der Waals surface area contributed by atoms with Crippen molar-refractivity contribution in [2.75, 3.05) is 6.54 Å². The lowest BCUT2D eigenvalue weighted by molar-refractivity contribution is -0.260. The molecule has 0 aliphatic carbocycles. The summed E-state index contributed by atoms with van der Waals surface area (Å²) in [4.78, 5) is 0. The molecule has 2 heterocycles. The highest BCUT2D eigenvalue weighted by Gasteiger charge is 2.55. The number of halogens is 3. The predicted molar refractivity (Wildman–Crippen MR) is 52.9 cm³/mol. The number of fused-ring (bicyclic) bond motifs is 1. The monoisotopic (exact) mass is 248 g/mol. The molecule has 0 spiro atoms. The van der Waals surface area contributed by atoms with Gasteiger partial charge in [0.25, 0.3) is 0 Å². The first kappa shape index (κ1) is 12.1. The van der Waals surface area contributed by atoms with Crippen LogP contribution in [0.5, 0.6) is 0 Å². The van der Waals surface area contributed by atoms with Crippen LogP contribution in [0.1, 0.15) is 23.9 Å². The van der Waals surface area contributed by atoms with Gasteiger partial charge in [0.05, 0.1) is 6.54 Å². The molecule has 0 fully saturated rings. The Labute approximate surface area is 95.1 Å². The van der Waals surface area contributed by atoms with Crippen molar-refractivity contribution in [3.8, 4) is 0 Å². The van der Waals surface area contributed by atoms with Crippen molar-refractivity contribution in [1.29, 1.82) is 0 Å². The number of hydrogen-bond donors (Lipinski definition) is 2. The Morgan fingerprint density at radius 2 is 2.06 bits per heavy atom. The first-order valence-corrected chi connectivity index (χ1v) is 4.92. The van der Waals surface area contributed by atoms with E-state index in [2.05, 4.69) is 17.1 Å². The number of nitrogens with one attached hydrogen (secondary N) is 1. The topological polar surface area (TPSA) is 58.3 Å². The Bertz CT molecular complexity index is 463. The average Bonchev–Trinajstić information content (AvgIpc) is 2.61. The highest BCUT2D eigenvalue weighted by atomic mass is 19.4. The van der Waals surface area contributed by atoms with Gasteiger partial charge in [0.15, 0.2) is 5.76 Å². The minimum Gasteiger partial charge on any atom is -0.375 e. The van der Waals surface area contributed by atoms with Crippen LogP contribution < -0.4 is 5.32 Å². The van der Waals surface area contributed by atoms with Crippen LogP contribution in [-0.4, -0.2) is 23.0 Å². The summed E-state index contributed by atoms with van der Waals surface area (Å²) in [5.41, 5.74) is -2.96. The lowest BCUT2D eigenvalue weighted by Gasteiger charge is -2.26. The van der Waals surface area contributed by atoms with Gasteiger partial charge in [-0.1, -0.05) is 11.7 Å². The summed E-state index contributed by atoms with van der Waals surface area (Å²) in [7, 11) is 0. The molecule has 0 radical (unpaired) electrons. The molecule has 1 aliphatic rings. The standard InChI is InChI=1S/C10H11F3N2O2/c1-5-3-14-4-6-7(5)8(15-17-6)9(2,16)10(11,12)13/h14,16H,1,3-4H2,2H3. The summed E-state index contributed by atoms with van der Waals surface area (Å²) in [5.74, 6) is 0.265. The highest BCUT2D eigenvalue weighted by Crippen LogP contribution is 2.42. The Morgan fingerprint density at radius 1 is 1.41 bits per heavy atom.